The molecule has 0 amide bonds. The highest BCUT2D eigenvalue weighted by molar-refractivity contribution is 8.93. The molecular formula is C14H22BrNO. The number of benzene rings is 1. The number of phenolic OH excluding ortho intramolecular Hbond substituents is 1. The van der Waals surface area contributed by atoms with Crippen LogP contribution in [0.2, 0.25) is 0 Å². The zero-order valence-corrected chi connectivity index (χ0v) is 12.4. The van der Waals surface area contributed by atoms with Crippen molar-refractivity contribution in [1.29, 1.82) is 0 Å². The third-order valence-electron chi connectivity index (χ3n) is 3.76. The third-order valence-corrected chi connectivity index (χ3v) is 3.76. The van der Waals surface area contributed by atoms with Crippen LogP contribution in [0.5, 0.6) is 5.75 Å². The van der Waals surface area contributed by atoms with Crippen molar-refractivity contribution in [3.05, 3.63) is 29.3 Å². The number of aryl methyl sites for hydroxylation is 1. The van der Waals surface area contributed by atoms with Gasteiger partial charge in [-0.05, 0) is 49.5 Å². The van der Waals surface area contributed by atoms with Gasteiger partial charge >= 0.3 is 0 Å². The second kappa shape index (κ2) is 6.41. The average molecular weight is 300 g/mol. The van der Waals surface area contributed by atoms with Crippen molar-refractivity contribution in [3.8, 4) is 5.75 Å². The Kier molecular flexibility index (Phi) is 5.47. The second-order valence-corrected chi connectivity index (χ2v) is 4.53. The molecule has 17 heavy (non-hydrogen) atoms. The number of rotatable bonds is 3. The van der Waals surface area contributed by atoms with Crippen molar-refractivity contribution >= 4 is 17.0 Å². The molecule has 0 heterocycles. The monoisotopic (exact) mass is 299 g/mol. The summed E-state index contributed by atoms with van der Waals surface area (Å²) in [5, 5.41) is 9.88. The van der Waals surface area contributed by atoms with Crippen molar-refractivity contribution in [2.45, 2.75) is 39.2 Å². The van der Waals surface area contributed by atoms with E-state index in [4.69, 9.17) is 0 Å². The van der Waals surface area contributed by atoms with Gasteiger partial charge in [0.05, 0.1) is 0 Å². The lowest BCUT2D eigenvalue weighted by Gasteiger charge is -2.34. The molecule has 1 aliphatic rings. The van der Waals surface area contributed by atoms with Gasteiger partial charge in [-0.1, -0.05) is 26.0 Å². The first kappa shape index (κ1) is 14.5. The molecule has 2 nitrogen and oxygen atoms in total. The Bertz CT molecular complexity index is 363. The van der Waals surface area contributed by atoms with E-state index in [1.807, 2.05) is 12.1 Å². The predicted octanol–water partition coefficient (Wildman–Crippen LogP) is 3.17. The van der Waals surface area contributed by atoms with E-state index in [9.17, 15) is 5.11 Å². The fourth-order valence-corrected chi connectivity index (χ4v) is 2.80. The lowest BCUT2D eigenvalue weighted by molar-refractivity contribution is 0.197. The van der Waals surface area contributed by atoms with Crippen LogP contribution >= 0.6 is 17.0 Å². The Balaban J connectivity index is 0.00000144. The lowest BCUT2D eigenvalue weighted by atomic mass is 9.87. The first-order chi connectivity index (χ1) is 7.76. The minimum absolute atomic E-state index is 0. The van der Waals surface area contributed by atoms with Gasteiger partial charge in [0.25, 0.3) is 0 Å². The van der Waals surface area contributed by atoms with Crippen molar-refractivity contribution < 1.29 is 5.11 Å². The topological polar surface area (TPSA) is 23.5 Å². The minimum atomic E-state index is 0. The summed E-state index contributed by atoms with van der Waals surface area (Å²) in [6.07, 6.45) is 3.33. The summed E-state index contributed by atoms with van der Waals surface area (Å²) in [5.74, 6) is 0.481. The molecule has 3 heteroatoms. The minimum Gasteiger partial charge on any atom is -0.508 e. The van der Waals surface area contributed by atoms with Crippen LogP contribution < -0.4 is 0 Å². The molecule has 1 unspecified atom stereocenters. The maximum atomic E-state index is 9.88. The lowest BCUT2D eigenvalue weighted by Crippen LogP contribution is -2.39. The van der Waals surface area contributed by atoms with Gasteiger partial charge < -0.3 is 10.0 Å². The highest BCUT2D eigenvalue weighted by Crippen LogP contribution is 2.30. The fourth-order valence-electron chi connectivity index (χ4n) is 2.80. The maximum Gasteiger partial charge on any atom is 0.119 e. The summed E-state index contributed by atoms with van der Waals surface area (Å²) in [6.45, 7) is 6.63. The predicted molar refractivity (Wildman–Crippen MR) is 77.2 cm³/mol. The van der Waals surface area contributed by atoms with Crippen molar-refractivity contribution in [1.82, 2.24) is 4.90 Å². The first-order valence-electron chi connectivity index (χ1n) is 6.30. The Labute approximate surface area is 114 Å². The molecular weight excluding hydrogens is 278 g/mol. The molecule has 0 aromatic heterocycles. The summed E-state index contributed by atoms with van der Waals surface area (Å²) in [6, 6.07) is 6.51. The Morgan fingerprint density at radius 3 is 2.65 bits per heavy atom. The molecule has 2 rings (SSSR count). The van der Waals surface area contributed by atoms with Crippen LogP contribution in [0.1, 0.15) is 31.4 Å². The summed E-state index contributed by atoms with van der Waals surface area (Å²) in [5.41, 5.74) is 2.51. The van der Waals surface area contributed by atoms with Gasteiger partial charge in [0.1, 0.15) is 5.75 Å². The number of hydrogen-bond acceptors (Lipinski definition) is 2. The molecule has 0 fully saturated rings. The van der Waals surface area contributed by atoms with Gasteiger partial charge in [-0.2, -0.15) is 0 Å². The van der Waals surface area contributed by atoms with E-state index >= 15 is 0 Å². The van der Waals surface area contributed by atoms with E-state index in [1.54, 1.807) is 0 Å². The third kappa shape index (κ3) is 3.02. The van der Waals surface area contributed by atoms with E-state index in [2.05, 4.69) is 24.8 Å². The highest BCUT2D eigenvalue weighted by atomic mass is 79.9. The van der Waals surface area contributed by atoms with Crippen LogP contribution in [0.3, 0.4) is 0 Å². The standard InChI is InChI=1S/C14H21NO.BrH/c1-3-15(4-2)12-9-8-11-6-5-7-14(16)13(11)10-12;/h5-7,12,16H,3-4,8-10H2,1-2H3;1H. The molecule has 1 atom stereocenters. The maximum absolute atomic E-state index is 9.88. The molecule has 0 saturated heterocycles. The fraction of sp³-hybridized carbons (Fsp3) is 0.571. The zero-order valence-electron chi connectivity index (χ0n) is 10.6. The molecule has 1 aromatic carbocycles. The smallest absolute Gasteiger partial charge is 0.119 e. The molecule has 0 saturated carbocycles. The normalized spacial score (nSPS) is 18.6. The zero-order chi connectivity index (χ0) is 11.5. The number of halogens is 1. The molecule has 96 valence electrons. The summed E-state index contributed by atoms with van der Waals surface area (Å²) in [7, 11) is 0. The Morgan fingerprint density at radius 1 is 1.29 bits per heavy atom. The van der Waals surface area contributed by atoms with Gasteiger partial charge in [0.15, 0.2) is 0 Å². The molecule has 0 bridgehead atoms. The van der Waals surface area contributed by atoms with Crippen LogP contribution in [-0.2, 0) is 12.8 Å². The van der Waals surface area contributed by atoms with Gasteiger partial charge in [-0.15, -0.1) is 17.0 Å². The van der Waals surface area contributed by atoms with Crippen LogP contribution in [0.15, 0.2) is 18.2 Å². The number of fused-ring (bicyclic) bond motifs is 1. The number of aromatic hydroxyl groups is 1. The van der Waals surface area contributed by atoms with Gasteiger partial charge in [0.2, 0.25) is 0 Å². The van der Waals surface area contributed by atoms with E-state index in [-0.39, 0.29) is 17.0 Å². The van der Waals surface area contributed by atoms with Gasteiger partial charge in [0, 0.05) is 6.04 Å². The van der Waals surface area contributed by atoms with Crippen LogP contribution in [0.4, 0.5) is 0 Å². The van der Waals surface area contributed by atoms with E-state index in [0.29, 0.717) is 11.8 Å². The molecule has 1 aromatic rings. The molecule has 0 radical (unpaired) electrons. The molecule has 0 aliphatic heterocycles. The largest absolute Gasteiger partial charge is 0.508 e. The summed E-state index contributed by atoms with van der Waals surface area (Å²) >= 11 is 0. The van der Waals surface area contributed by atoms with Crippen LogP contribution in [0, 0.1) is 0 Å². The van der Waals surface area contributed by atoms with E-state index in [0.717, 1.165) is 25.9 Å². The SMILES string of the molecule is Br.CCN(CC)C1CCc2cccc(O)c2C1. The van der Waals surface area contributed by atoms with Crippen molar-refractivity contribution in [2.24, 2.45) is 0 Å². The van der Waals surface area contributed by atoms with E-state index < -0.39 is 0 Å². The van der Waals surface area contributed by atoms with Gasteiger partial charge in [-0.25, -0.2) is 0 Å². The van der Waals surface area contributed by atoms with Crippen LogP contribution in [0.25, 0.3) is 0 Å². The van der Waals surface area contributed by atoms with E-state index in [1.165, 1.54) is 17.5 Å². The molecule has 1 aliphatic carbocycles. The summed E-state index contributed by atoms with van der Waals surface area (Å²) in [4.78, 5) is 2.50. The van der Waals surface area contributed by atoms with Crippen molar-refractivity contribution in [2.75, 3.05) is 13.1 Å². The number of likely N-dealkylation sites (N-methyl/N-ethyl adjacent to an activating group) is 1. The van der Waals surface area contributed by atoms with Crippen LogP contribution in [-0.4, -0.2) is 29.1 Å². The summed E-state index contributed by atoms with van der Waals surface area (Å²) < 4.78 is 0. The highest BCUT2D eigenvalue weighted by Gasteiger charge is 2.24. The number of phenols is 1. The first-order valence-corrected chi connectivity index (χ1v) is 6.30. The molecule has 1 N–H and O–H groups in total. The molecule has 0 spiro atoms. The Morgan fingerprint density at radius 2 is 2.00 bits per heavy atom. The second-order valence-electron chi connectivity index (χ2n) is 4.53. The average Bonchev–Trinajstić information content (AvgIpc) is 2.32. The number of hydrogen-bond donors (Lipinski definition) is 1. The van der Waals surface area contributed by atoms with Crippen molar-refractivity contribution in [3.63, 3.8) is 0 Å². The number of nitrogens with zero attached hydrogens (tertiary/aromatic N) is 1. The quantitative estimate of drug-likeness (QED) is 0.927. The Hall–Kier alpha value is -0.540. The van der Waals surface area contributed by atoms with Gasteiger partial charge in [-0.3, -0.25) is 0 Å².